The van der Waals surface area contributed by atoms with Crippen LogP contribution in [0.25, 0.3) is 11.8 Å². The molecule has 0 spiro atoms. The van der Waals surface area contributed by atoms with Crippen molar-refractivity contribution in [2.24, 2.45) is 0 Å². The Hall–Kier alpha value is -3.05. The summed E-state index contributed by atoms with van der Waals surface area (Å²) in [7, 11) is 0. The SMILES string of the molecule is O=C1S/C(=C/c2ccn(-c3ccccc3)c2)C(=O)N1c1ccccc1. The van der Waals surface area contributed by atoms with Crippen LogP contribution in [0.1, 0.15) is 5.56 Å². The van der Waals surface area contributed by atoms with Crippen LogP contribution in [0.2, 0.25) is 0 Å². The Balaban J connectivity index is 1.62. The highest BCUT2D eigenvalue weighted by molar-refractivity contribution is 8.19. The lowest BCUT2D eigenvalue weighted by Crippen LogP contribution is -2.27. The zero-order chi connectivity index (χ0) is 17.2. The number of para-hydroxylation sites is 2. The average Bonchev–Trinajstić information content (AvgIpc) is 3.22. The molecule has 0 unspecified atom stereocenters. The predicted octanol–water partition coefficient (Wildman–Crippen LogP) is 4.72. The van der Waals surface area contributed by atoms with Gasteiger partial charge in [0.1, 0.15) is 0 Å². The Morgan fingerprint density at radius 2 is 1.44 bits per heavy atom. The summed E-state index contributed by atoms with van der Waals surface area (Å²) in [5, 5.41) is -0.273. The number of hydrogen-bond donors (Lipinski definition) is 0. The fourth-order valence-electron chi connectivity index (χ4n) is 2.68. The molecule has 1 aliphatic heterocycles. The molecule has 0 bridgehead atoms. The van der Waals surface area contributed by atoms with Gasteiger partial charge in [-0.1, -0.05) is 36.4 Å². The van der Waals surface area contributed by atoms with Crippen LogP contribution in [-0.4, -0.2) is 15.7 Å². The first-order valence-corrected chi connectivity index (χ1v) is 8.60. The normalized spacial score (nSPS) is 16.0. The van der Waals surface area contributed by atoms with E-state index in [0.29, 0.717) is 10.6 Å². The first kappa shape index (κ1) is 15.5. The minimum atomic E-state index is -0.284. The van der Waals surface area contributed by atoms with Crippen molar-refractivity contribution < 1.29 is 9.59 Å². The van der Waals surface area contributed by atoms with E-state index >= 15 is 0 Å². The van der Waals surface area contributed by atoms with E-state index in [1.807, 2.05) is 71.6 Å². The first-order valence-electron chi connectivity index (χ1n) is 7.79. The molecule has 25 heavy (non-hydrogen) atoms. The molecule has 5 heteroatoms. The maximum Gasteiger partial charge on any atom is 0.298 e. The third-order valence-electron chi connectivity index (χ3n) is 3.88. The molecule has 2 amide bonds. The molecule has 2 heterocycles. The molecule has 0 atom stereocenters. The van der Waals surface area contributed by atoms with E-state index in [0.717, 1.165) is 23.0 Å². The summed E-state index contributed by atoms with van der Waals surface area (Å²) >= 11 is 0.966. The molecule has 3 aromatic rings. The molecular weight excluding hydrogens is 332 g/mol. The highest BCUT2D eigenvalue weighted by Gasteiger charge is 2.36. The van der Waals surface area contributed by atoms with Gasteiger partial charge in [0.2, 0.25) is 0 Å². The number of hydrogen-bond acceptors (Lipinski definition) is 3. The lowest BCUT2D eigenvalue weighted by atomic mass is 10.2. The third kappa shape index (κ3) is 3.02. The summed E-state index contributed by atoms with van der Waals surface area (Å²) in [4.78, 5) is 26.5. The second kappa shape index (κ2) is 6.45. The summed E-state index contributed by atoms with van der Waals surface area (Å²) in [5.74, 6) is -0.284. The van der Waals surface area contributed by atoms with Crippen LogP contribution in [0.5, 0.6) is 0 Å². The predicted molar refractivity (Wildman–Crippen MR) is 101 cm³/mol. The van der Waals surface area contributed by atoms with Gasteiger partial charge < -0.3 is 4.57 Å². The monoisotopic (exact) mass is 346 g/mol. The summed E-state index contributed by atoms with van der Waals surface area (Å²) in [6.45, 7) is 0. The Bertz CT molecular complexity index is 962. The fourth-order valence-corrected chi connectivity index (χ4v) is 3.52. The molecule has 0 aliphatic carbocycles. The summed E-state index contributed by atoms with van der Waals surface area (Å²) < 4.78 is 1.98. The summed E-state index contributed by atoms with van der Waals surface area (Å²) in [6, 6.07) is 20.8. The van der Waals surface area contributed by atoms with Crippen molar-refractivity contribution in [3.05, 3.63) is 89.6 Å². The molecule has 4 rings (SSSR count). The molecule has 4 nitrogen and oxygen atoms in total. The van der Waals surface area contributed by atoms with E-state index < -0.39 is 0 Å². The van der Waals surface area contributed by atoms with Gasteiger partial charge >= 0.3 is 0 Å². The van der Waals surface area contributed by atoms with E-state index in [1.165, 1.54) is 4.90 Å². The van der Waals surface area contributed by atoms with Gasteiger partial charge in [0.25, 0.3) is 11.1 Å². The van der Waals surface area contributed by atoms with E-state index in [-0.39, 0.29) is 11.1 Å². The summed E-state index contributed by atoms with van der Waals surface area (Å²) in [5.41, 5.74) is 2.51. The highest BCUT2D eigenvalue weighted by atomic mass is 32.2. The number of imide groups is 1. The van der Waals surface area contributed by atoms with Crippen molar-refractivity contribution in [3.63, 3.8) is 0 Å². The molecule has 1 fully saturated rings. The van der Waals surface area contributed by atoms with Gasteiger partial charge in [-0.3, -0.25) is 9.59 Å². The first-order chi connectivity index (χ1) is 12.2. The number of carbonyl (C=O) groups is 2. The number of amides is 2. The molecule has 0 N–H and O–H groups in total. The molecule has 2 aromatic carbocycles. The van der Waals surface area contributed by atoms with Crippen molar-refractivity contribution >= 4 is 34.7 Å². The molecule has 122 valence electrons. The smallest absolute Gasteiger partial charge is 0.298 e. The Morgan fingerprint density at radius 3 is 2.12 bits per heavy atom. The largest absolute Gasteiger partial charge is 0.323 e. The van der Waals surface area contributed by atoms with Crippen LogP contribution in [-0.2, 0) is 4.79 Å². The fraction of sp³-hybridized carbons (Fsp3) is 0. The average molecular weight is 346 g/mol. The van der Waals surface area contributed by atoms with Gasteiger partial charge in [0.15, 0.2) is 0 Å². The number of nitrogens with zero attached hydrogens (tertiary/aromatic N) is 2. The third-order valence-corrected chi connectivity index (χ3v) is 4.75. The highest BCUT2D eigenvalue weighted by Crippen LogP contribution is 2.35. The molecule has 1 aromatic heterocycles. The van der Waals surface area contributed by atoms with E-state index in [2.05, 4.69) is 0 Å². The van der Waals surface area contributed by atoms with Crippen LogP contribution in [0.15, 0.2) is 84.0 Å². The van der Waals surface area contributed by atoms with Gasteiger partial charge in [-0.25, -0.2) is 4.90 Å². The van der Waals surface area contributed by atoms with Crippen molar-refractivity contribution in [1.29, 1.82) is 0 Å². The number of carbonyl (C=O) groups excluding carboxylic acids is 2. The van der Waals surface area contributed by atoms with Crippen molar-refractivity contribution in [3.8, 4) is 5.69 Å². The summed E-state index contributed by atoms with van der Waals surface area (Å²) in [6.07, 6.45) is 5.63. The maximum absolute atomic E-state index is 12.6. The van der Waals surface area contributed by atoms with Gasteiger partial charge in [-0.15, -0.1) is 0 Å². The van der Waals surface area contributed by atoms with Gasteiger partial charge in [0, 0.05) is 18.1 Å². The number of thioether (sulfide) groups is 1. The van der Waals surface area contributed by atoms with Gasteiger partial charge in [-0.2, -0.15) is 0 Å². The lowest BCUT2D eigenvalue weighted by Gasteiger charge is -2.11. The van der Waals surface area contributed by atoms with Crippen molar-refractivity contribution in [1.82, 2.24) is 4.57 Å². The van der Waals surface area contributed by atoms with E-state index in [1.54, 1.807) is 18.2 Å². The van der Waals surface area contributed by atoms with Crippen LogP contribution >= 0.6 is 11.8 Å². The molecule has 1 saturated heterocycles. The number of rotatable bonds is 3. The standard InChI is InChI=1S/C20H14N2O2S/c23-19-18(25-20(24)22(19)17-9-5-2-6-10-17)13-15-11-12-21(14-15)16-7-3-1-4-8-16/h1-14H/b18-13+. The second-order valence-corrected chi connectivity index (χ2v) is 6.53. The zero-order valence-corrected chi connectivity index (χ0v) is 14.0. The molecule has 0 radical (unpaired) electrons. The molecule has 0 saturated carbocycles. The minimum absolute atomic E-state index is 0.273. The number of anilines is 1. The Morgan fingerprint density at radius 1 is 0.800 bits per heavy atom. The number of benzene rings is 2. The number of aromatic nitrogens is 1. The van der Waals surface area contributed by atoms with Crippen LogP contribution in [0.3, 0.4) is 0 Å². The second-order valence-electron chi connectivity index (χ2n) is 5.54. The van der Waals surface area contributed by atoms with E-state index in [9.17, 15) is 9.59 Å². The molecule has 1 aliphatic rings. The van der Waals surface area contributed by atoms with Crippen LogP contribution in [0.4, 0.5) is 10.5 Å². The topological polar surface area (TPSA) is 42.3 Å². The Labute approximate surface area is 149 Å². The quantitative estimate of drug-likeness (QED) is 0.645. The Kier molecular flexibility index (Phi) is 3.99. The van der Waals surface area contributed by atoms with Crippen LogP contribution in [0, 0.1) is 0 Å². The molecular formula is C20H14N2O2S. The maximum atomic E-state index is 12.6. The minimum Gasteiger partial charge on any atom is -0.323 e. The van der Waals surface area contributed by atoms with Gasteiger partial charge in [-0.05, 0) is 53.7 Å². The van der Waals surface area contributed by atoms with Crippen molar-refractivity contribution in [2.75, 3.05) is 4.90 Å². The van der Waals surface area contributed by atoms with Gasteiger partial charge in [0.05, 0.1) is 10.6 Å². The zero-order valence-electron chi connectivity index (χ0n) is 13.2. The van der Waals surface area contributed by atoms with Crippen LogP contribution < -0.4 is 4.90 Å². The van der Waals surface area contributed by atoms with Crippen molar-refractivity contribution in [2.45, 2.75) is 0 Å². The van der Waals surface area contributed by atoms with E-state index in [4.69, 9.17) is 0 Å². The lowest BCUT2D eigenvalue weighted by molar-refractivity contribution is -0.113.